The predicted octanol–water partition coefficient (Wildman–Crippen LogP) is 2.00. The molecule has 1 N–H and O–H groups in total. The zero-order valence-corrected chi connectivity index (χ0v) is 14.6. The number of likely N-dealkylation sites (tertiary alicyclic amines) is 1. The molecule has 1 aromatic carbocycles. The molecule has 134 valence electrons. The van der Waals surface area contributed by atoms with Gasteiger partial charge in [0.2, 0.25) is 11.8 Å². The molecule has 0 aromatic heterocycles. The van der Waals surface area contributed by atoms with Gasteiger partial charge in [-0.15, -0.1) is 0 Å². The first-order valence-electron chi connectivity index (χ1n) is 9.48. The fourth-order valence-corrected chi connectivity index (χ4v) is 3.85. The quantitative estimate of drug-likeness (QED) is 0.910. The van der Waals surface area contributed by atoms with Gasteiger partial charge in [-0.05, 0) is 49.7 Å². The molecule has 0 radical (unpaired) electrons. The average Bonchev–Trinajstić information content (AvgIpc) is 3.49. The molecule has 0 spiro atoms. The van der Waals surface area contributed by atoms with E-state index in [1.54, 1.807) is 0 Å². The monoisotopic (exact) mass is 342 g/mol. The van der Waals surface area contributed by atoms with Crippen LogP contribution in [-0.2, 0) is 16.0 Å². The molecule has 0 unspecified atom stereocenters. The van der Waals surface area contributed by atoms with Gasteiger partial charge >= 0.3 is 0 Å². The molecule has 5 heteroatoms. The van der Waals surface area contributed by atoms with Crippen molar-refractivity contribution in [1.29, 1.82) is 0 Å². The summed E-state index contributed by atoms with van der Waals surface area (Å²) in [4.78, 5) is 27.2. The highest BCUT2D eigenvalue weighted by molar-refractivity contribution is 5.83. The van der Waals surface area contributed by atoms with Gasteiger partial charge in [0.15, 0.2) is 0 Å². The van der Waals surface area contributed by atoms with Crippen LogP contribution in [0.2, 0.25) is 0 Å². The van der Waals surface area contributed by atoms with Crippen LogP contribution >= 0.6 is 0 Å². The second kappa shape index (κ2) is 7.06. The Morgan fingerprint density at radius 2 is 2.00 bits per heavy atom. The summed E-state index contributed by atoms with van der Waals surface area (Å²) in [6, 6.07) is 7.92. The van der Waals surface area contributed by atoms with Gasteiger partial charge in [0, 0.05) is 19.6 Å². The van der Waals surface area contributed by atoms with Crippen molar-refractivity contribution in [3.05, 3.63) is 29.8 Å². The van der Waals surface area contributed by atoms with Crippen molar-refractivity contribution in [2.24, 2.45) is 17.8 Å². The molecule has 1 aromatic rings. The molecule has 3 aliphatic rings. The Labute approximate surface area is 148 Å². The van der Waals surface area contributed by atoms with E-state index in [1.165, 1.54) is 12.8 Å². The van der Waals surface area contributed by atoms with Crippen LogP contribution in [-0.4, -0.2) is 43.0 Å². The molecule has 2 heterocycles. The lowest BCUT2D eigenvalue weighted by atomic mass is 9.92. The van der Waals surface area contributed by atoms with Crippen LogP contribution < -0.4 is 10.1 Å². The third-order valence-electron chi connectivity index (χ3n) is 5.59. The van der Waals surface area contributed by atoms with Crippen molar-refractivity contribution in [2.75, 3.05) is 26.2 Å². The molecule has 1 aliphatic carbocycles. The normalized spacial score (nSPS) is 25.7. The number of nitrogens with one attached hydrogen (secondary N) is 1. The predicted molar refractivity (Wildman–Crippen MR) is 94.2 cm³/mol. The number of para-hydroxylation sites is 1. The van der Waals surface area contributed by atoms with Gasteiger partial charge in [-0.25, -0.2) is 0 Å². The summed E-state index contributed by atoms with van der Waals surface area (Å²) in [7, 11) is 0. The van der Waals surface area contributed by atoms with Crippen molar-refractivity contribution in [3.63, 3.8) is 0 Å². The van der Waals surface area contributed by atoms with Gasteiger partial charge in [-0.3, -0.25) is 9.59 Å². The number of piperidine rings is 1. The number of rotatable bonds is 4. The number of benzene rings is 1. The van der Waals surface area contributed by atoms with E-state index >= 15 is 0 Å². The molecule has 4 rings (SSSR count). The van der Waals surface area contributed by atoms with Gasteiger partial charge in [0.05, 0.1) is 11.8 Å². The van der Waals surface area contributed by atoms with Gasteiger partial charge in [-0.2, -0.15) is 0 Å². The Kier molecular flexibility index (Phi) is 4.64. The topological polar surface area (TPSA) is 58.6 Å². The van der Waals surface area contributed by atoms with Crippen LogP contribution in [0.1, 0.15) is 31.2 Å². The van der Waals surface area contributed by atoms with E-state index in [0.29, 0.717) is 19.1 Å². The third-order valence-corrected chi connectivity index (χ3v) is 5.59. The van der Waals surface area contributed by atoms with Crippen molar-refractivity contribution in [1.82, 2.24) is 10.2 Å². The first-order chi connectivity index (χ1) is 12.2. The number of hydrogen-bond acceptors (Lipinski definition) is 3. The van der Waals surface area contributed by atoms with Crippen LogP contribution in [0.5, 0.6) is 5.75 Å². The highest BCUT2D eigenvalue weighted by Crippen LogP contribution is 2.29. The fraction of sp³-hybridized carbons (Fsp3) is 0.600. The van der Waals surface area contributed by atoms with Gasteiger partial charge in [-0.1, -0.05) is 18.2 Å². The zero-order valence-electron chi connectivity index (χ0n) is 14.6. The number of amides is 2. The maximum atomic E-state index is 12.9. The second-order valence-corrected chi connectivity index (χ2v) is 7.63. The fourth-order valence-electron chi connectivity index (χ4n) is 3.85. The van der Waals surface area contributed by atoms with Crippen LogP contribution in [0.15, 0.2) is 24.3 Å². The molecule has 2 aliphatic heterocycles. The van der Waals surface area contributed by atoms with E-state index < -0.39 is 0 Å². The lowest BCUT2D eigenvalue weighted by Crippen LogP contribution is -2.49. The summed E-state index contributed by atoms with van der Waals surface area (Å²) in [6.45, 7) is 2.54. The van der Waals surface area contributed by atoms with Gasteiger partial charge in [0.25, 0.3) is 0 Å². The lowest BCUT2D eigenvalue weighted by Gasteiger charge is -2.35. The molecule has 0 bridgehead atoms. The van der Waals surface area contributed by atoms with E-state index in [2.05, 4.69) is 5.32 Å². The summed E-state index contributed by atoms with van der Waals surface area (Å²) in [5.74, 6) is 1.63. The Bertz CT molecular complexity index is 656. The Hall–Kier alpha value is -2.04. The first-order valence-corrected chi connectivity index (χ1v) is 9.48. The first kappa shape index (κ1) is 16.4. The standard InChI is InChI=1S/C20H26N2O3/c23-19(21-11-14-7-8-14)16-5-3-9-22(12-16)20(24)17-10-15-4-1-2-6-18(15)25-13-17/h1-2,4,6,14,16-17H,3,5,7-13H2,(H,21,23)/t16-,17-/m1/s1. The Balaban J connectivity index is 1.34. The largest absolute Gasteiger partial charge is 0.492 e. The van der Waals surface area contributed by atoms with E-state index in [1.807, 2.05) is 29.2 Å². The van der Waals surface area contributed by atoms with Crippen molar-refractivity contribution < 1.29 is 14.3 Å². The number of carbonyl (C=O) groups is 2. The van der Waals surface area contributed by atoms with E-state index in [0.717, 1.165) is 43.7 Å². The highest BCUT2D eigenvalue weighted by atomic mass is 16.5. The van der Waals surface area contributed by atoms with Crippen LogP contribution in [0.25, 0.3) is 0 Å². The van der Waals surface area contributed by atoms with Crippen molar-refractivity contribution in [2.45, 2.75) is 32.1 Å². The van der Waals surface area contributed by atoms with Gasteiger partial charge in [0.1, 0.15) is 12.4 Å². The number of hydrogen-bond donors (Lipinski definition) is 1. The minimum Gasteiger partial charge on any atom is -0.492 e. The molecular formula is C20H26N2O3. The molecule has 5 nitrogen and oxygen atoms in total. The molecule has 2 atom stereocenters. The smallest absolute Gasteiger partial charge is 0.229 e. The highest BCUT2D eigenvalue weighted by Gasteiger charge is 2.34. The molecule has 25 heavy (non-hydrogen) atoms. The SMILES string of the molecule is O=C(NCC1CC1)[C@@H]1CCCN(C(=O)[C@H]2COc3ccccc3C2)C1. The van der Waals surface area contributed by atoms with Crippen molar-refractivity contribution >= 4 is 11.8 Å². The van der Waals surface area contributed by atoms with Gasteiger partial charge < -0.3 is 15.0 Å². The zero-order chi connectivity index (χ0) is 17.2. The van der Waals surface area contributed by atoms with Crippen LogP contribution in [0.4, 0.5) is 0 Å². The Morgan fingerprint density at radius 3 is 2.84 bits per heavy atom. The molecule has 2 fully saturated rings. The maximum absolute atomic E-state index is 12.9. The summed E-state index contributed by atoms with van der Waals surface area (Å²) < 4.78 is 5.77. The van der Waals surface area contributed by atoms with E-state index in [4.69, 9.17) is 4.74 Å². The minimum atomic E-state index is -0.136. The molecule has 1 saturated heterocycles. The molecule has 2 amide bonds. The second-order valence-electron chi connectivity index (χ2n) is 7.63. The number of ether oxygens (including phenoxy) is 1. The van der Waals surface area contributed by atoms with Crippen LogP contribution in [0.3, 0.4) is 0 Å². The number of nitrogens with zero attached hydrogens (tertiary/aromatic N) is 1. The molecule has 1 saturated carbocycles. The number of fused-ring (bicyclic) bond motifs is 1. The third kappa shape index (κ3) is 3.80. The summed E-state index contributed by atoms with van der Waals surface area (Å²) in [5.41, 5.74) is 1.10. The summed E-state index contributed by atoms with van der Waals surface area (Å²) in [6.07, 6.45) is 4.98. The molecular weight excluding hydrogens is 316 g/mol. The summed E-state index contributed by atoms with van der Waals surface area (Å²) in [5, 5.41) is 3.06. The summed E-state index contributed by atoms with van der Waals surface area (Å²) >= 11 is 0. The Morgan fingerprint density at radius 1 is 1.16 bits per heavy atom. The average molecular weight is 342 g/mol. The van der Waals surface area contributed by atoms with Crippen molar-refractivity contribution in [3.8, 4) is 5.75 Å². The van der Waals surface area contributed by atoms with E-state index in [9.17, 15) is 9.59 Å². The van der Waals surface area contributed by atoms with E-state index in [-0.39, 0.29) is 23.7 Å². The number of carbonyl (C=O) groups excluding carboxylic acids is 2. The lowest BCUT2D eigenvalue weighted by molar-refractivity contribution is -0.140. The van der Waals surface area contributed by atoms with Crippen LogP contribution in [0, 0.1) is 17.8 Å². The minimum absolute atomic E-state index is 0.0618. The maximum Gasteiger partial charge on any atom is 0.229 e.